The van der Waals surface area contributed by atoms with E-state index in [1.807, 2.05) is 12.2 Å². The highest BCUT2D eigenvalue weighted by molar-refractivity contribution is 7.16. The van der Waals surface area contributed by atoms with Gasteiger partial charge in [0, 0.05) is 56.7 Å². The van der Waals surface area contributed by atoms with Gasteiger partial charge in [0.25, 0.3) is 5.69 Å². The number of nitro benzene ring substituents is 1. The highest BCUT2D eigenvalue weighted by Crippen LogP contribution is 2.27. The average molecular weight is 431 g/mol. The van der Waals surface area contributed by atoms with Crippen molar-refractivity contribution in [2.24, 2.45) is 0 Å². The first-order valence-electron chi connectivity index (χ1n) is 9.22. The normalized spacial score (nSPS) is 14.8. The molecule has 0 aliphatic carbocycles. The third kappa shape index (κ3) is 5.61. The van der Waals surface area contributed by atoms with E-state index in [1.54, 1.807) is 12.1 Å². The van der Waals surface area contributed by atoms with Crippen LogP contribution >= 0.6 is 11.3 Å². The molecule has 0 radical (unpaired) electrons. The highest BCUT2D eigenvalue weighted by Gasteiger charge is 2.22. The van der Waals surface area contributed by atoms with E-state index < -0.39 is 11.0 Å². The number of rotatable bonds is 6. The Morgan fingerprint density at radius 3 is 2.47 bits per heavy atom. The van der Waals surface area contributed by atoms with Gasteiger partial charge in [-0.2, -0.15) is 0 Å². The second-order valence-electron chi connectivity index (χ2n) is 6.74. The van der Waals surface area contributed by atoms with Gasteiger partial charge in [-0.25, -0.2) is 9.78 Å². The Morgan fingerprint density at radius 2 is 1.90 bits per heavy atom. The lowest BCUT2D eigenvalue weighted by molar-refractivity contribution is -0.384. The van der Waals surface area contributed by atoms with Crippen LogP contribution in [-0.2, 0) is 11.3 Å². The van der Waals surface area contributed by atoms with Crippen molar-refractivity contribution in [1.29, 1.82) is 0 Å². The number of non-ortho nitro benzene ring substituents is 1. The number of carboxylic acid groups (broad SMARTS) is 1. The van der Waals surface area contributed by atoms with Crippen LogP contribution in [0.1, 0.15) is 23.1 Å². The van der Waals surface area contributed by atoms with Crippen LogP contribution in [0.15, 0.2) is 24.3 Å². The smallest absolute Gasteiger partial charge is 0.407 e. The molecule has 10 nitrogen and oxygen atoms in total. The summed E-state index contributed by atoms with van der Waals surface area (Å²) in [5.41, 5.74) is 1.51. The number of hydrogen-bond donors (Lipinski definition) is 2. The predicted octanol–water partition coefficient (Wildman–Crippen LogP) is 2.98. The van der Waals surface area contributed by atoms with Crippen molar-refractivity contribution in [2.75, 3.05) is 31.5 Å². The number of carbonyl (C=O) groups excluding carboxylic acids is 1. The monoisotopic (exact) mass is 431 g/mol. The fourth-order valence-electron chi connectivity index (χ4n) is 2.99. The van der Waals surface area contributed by atoms with Gasteiger partial charge in [-0.05, 0) is 23.8 Å². The summed E-state index contributed by atoms with van der Waals surface area (Å²) in [7, 11) is 0. The zero-order valence-corrected chi connectivity index (χ0v) is 17.1. The summed E-state index contributed by atoms with van der Waals surface area (Å²) in [4.78, 5) is 41.8. The molecule has 0 saturated carbocycles. The van der Waals surface area contributed by atoms with E-state index in [0.29, 0.717) is 43.5 Å². The summed E-state index contributed by atoms with van der Waals surface area (Å²) in [6.07, 6.45) is 2.71. The number of piperazine rings is 1. The number of benzene rings is 1. The molecule has 1 aromatic carbocycles. The number of thiazole rings is 1. The molecule has 1 saturated heterocycles. The summed E-state index contributed by atoms with van der Waals surface area (Å²) in [5.74, 6) is -0.212. The van der Waals surface area contributed by atoms with Gasteiger partial charge in [-0.1, -0.05) is 17.4 Å². The van der Waals surface area contributed by atoms with Crippen LogP contribution in [0.5, 0.6) is 0 Å². The third-order valence-electron chi connectivity index (χ3n) is 4.56. The maximum Gasteiger partial charge on any atom is 0.407 e. The number of nitro groups is 1. The van der Waals surface area contributed by atoms with Crippen LogP contribution in [0.25, 0.3) is 12.2 Å². The van der Waals surface area contributed by atoms with Crippen molar-refractivity contribution in [3.8, 4) is 0 Å². The van der Waals surface area contributed by atoms with Gasteiger partial charge in [-0.3, -0.25) is 19.8 Å². The number of aromatic nitrogens is 1. The average Bonchev–Trinajstić information content (AvgIpc) is 3.07. The number of amides is 2. The van der Waals surface area contributed by atoms with E-state index in [9.17, 15) is 19.7 Å². The maximum atomic E-state index is 11.4. The second-order valence-corrected chi connectivity index (χ2v) is 7.82. The van der Waals surface area contributed by atoms with Crippen molar-refractivity contribution in [2.45, 2.75) is 13.5 Å². The molecule has 0 bridgehead atoms. The highest BCUT2D eigenvalue weighted by atomic mass is 32.1. The van der Waals surface area contributed by atoms with E-state index in [1.165, 1.54) is 35.3 Å². The lowest BCUT2D eigenvalue weighted by atomic mass is 10.2. The lowest BCUT2D eigenvalue weighted by Crippen LogP contribution is -2.47. The molecule has 1 aliphatic rings. The van der Waals surface area contributed by atoms with Gasteiger partial charge in [0.15, 0.2) is 5.13 Å². The lowest BCUT2D eigenvalue weighted by Gasteiger charge is -2.32. The van der Waals surface area contributed by atoms with Crippen LogP contribution < -0.4 is 5.32 Å². The van der Waals surface area contributed by atoms with E-state index in [0.717, 1.165) is 10.4 Å². The fourth-order valence-corrected chi connectivity index (χ4v) is 4.03. The van der Waals surface area contributed by atoms with Crippen LogP contribution in [0.2, 0.25) is 0 Å². The van der Waals surface area contributed by atoms with E-state index in [4.69, 9.17) is 5.11 Å². The Labute approximate surface area is 176 Å². The van der Waals surface area contributed by atoms with Crippen molar-refractivity contribution in [1.82, 2.24) is 14.8 Å². The largest absolute Gasteiger partial charge is 0.465 e. The van der Waals surface area contributed by atoms with Crippen molar-refractivity contribution in [3.05, 3.63) is 50.5 Å². The Balaban J connectivity index is 1.75. The molecule has 1 aromatic heterocycles. The van der Waals surface area contributed by atoms with Crippen LogP contribution in [0, 0.1) is 10.1 Å². The molecular formula is C19H21N5O5S. The zero-order valence-electron chi connectivity index (χ0n) is 16.3. The first-order chi connectivity index (χ1) is 14.3. The SMILES string of the molecule is CC(=O)Nc1nc(/C=C\c2ccc([N+](=O)[O-])cc2)c(CN2CCN(C(=O)O)CC2)s1. The molecule has 0 spiro atoms. The van der Waals surface area contributed by atoms with E-state index in [2.05, 4.69) is 15.2 Å². The number of nitrogens with one attached hydrogen (secondary N) is 1. The van der Waals surface area contributed by atoms with Gasteiger partial charge in [0.1, 0.15) is 0 Å². The van der Waals surface area contributed by atoms with Gasteiger partial charge < -0.3 is 15.3 Å². The van der Waals surface area contributed by atoms with Crippen LogP contribution in [0.4, 0.5) is 15.6 Å². The van der Waals surface area contributed by atoms with Gasteiger partial charge in [-0.15, -0.1) is 0 Å². The zero-order chi connectivity index (χ0) is 21.7. The molecule has 1 aliphatic heterocycles. The summed E-state index contributed by atoms with van der Waals surface area (Å²) >= 11 is 1.37. The van der Waals surface area contributed by atoms with Crippen molar-refractivity contribution in [3.63, 3.8) is 0 Å². The Bertz CT molecular complexity index is 964. The molecule has 11 heteroatoms. The first kappa shape index (κ1) is 21.4. The standard InChI is InChI=1S/C19H21N5O5S/c1-13(25)20-18-21-16(7-4-14-2-5-15(6-3-14)24(28)29)17(30-18)12-22-8-10-23(11-9-22)19(26)27/h2-7H,8-12H2,1H3,(H,26,27)(H,20,21,25)/b7-4-. The summed E-state index contributed by atoms with van der Waals surface area (Å²) < 4.78 is 0. The van der Waals surface area contributed by atoms with Crippen molar-refractivity contribution >= 4 is 46.3 Å². The summed E-state index contributed by atoms with van der Waals surface area (Å²) in [6, 6.07) is 6.18. The molecule has 1 fully saturated rings. The van der Waals surface area contributed by atoms with E-state index >= 15 is 0 Å². The topological polar surface area (TPSA) is 129 Å². The molecule has 0 unspecified atom stereocenters. The number of anilines is 1. The quantitative estimate of drug-likeness (QED) is 0.531. The molecule has 30 heavy (non-hydrogen) atoms. The molecule has 2 amide bonds. The van der Waals surface area contributed by atoms with Gasteiger partial charge in [0.05, 0.1) is 10.6 Å². The van der Waals surface area contributed by atoms with Gasteiger partial charge in [0.2, 0.25) is 5.91 Å². The Hall–Kier alpha value is -3.31. The predicted molar refractivity (Wildman–Crippen MR) is 113 cm³/mol. The number of nitrogens with zero attached hydrogens (tertiary/aromatic N) is 4. The summed E-state index contributed by atoms with van der Waals surface area (Å²) in [6.45, 7) is 4.13. The molecular weight excluding hydrogens is 410 g/mol. The maximum absolute atomic E-state index is 11.4. The first-order valence-corrected chi connectivity index (χ1v) is 10.0. The number of carbonyl (C=O) groups is 2. The van der Waals surface area contributed by atoms with Crippen LogP contribution in [0.3, 0.4) is 0 Å². The molecule has 2 aromatic rings. The van der Waals surface area contributed by atoms with E-state index in [-0.39, 0.29) is 11.6 Å². The minimum absolute atomic E-state index is 0.0231. The van der Waals surface area contributed by atoms with Crippen LogP contribution in [-0.4, -0.2) is 63.0 Å². The fraction of sp³-hybridized carbons (Fsp3) is 0.316. The third-order valence-corrected chi connectivity index (χ3v) is 5.53. The molecule has 2 N–H and O–H groups in total. The minimum atomic E-state index is -0.910. The van der Waals surface area contributed by atoms with Gasteiger partial charge >= 0.3 is 6.09 Å². The Kier molecular flexibility index (Phi) is 6.75. The molecule has 2 heterocycles. The molecule has 3 rings (SSSR count). The number of hydrogen-bond acceptors (Lipinski definition) is 7. The Morgan fingerprint density at radius 1 is 1.23 bits per heavy atom. The molecule has 158 valence electrons. The minimum Gasteiger partial charge on any atom is -0.465 e. The summed E-state index contributed by atoms with van der Waals surface area (Å²) in [5, 5.41) is 23.1. The van der Waals surface area contributed by atoms with Crippen molar-refractivity contribution < 1.29 is 19.6 Å². The second kappa shape index (κ2) is 9.46. The molecule has 0 atom stereocenters.